The zero-order valence-corrected chi connectivity index (χ0v) is 19.9. The molecular formula is C25H26F6P2. The Bertz CT molecular complexity index is 1080. The first-order chi connectivity index (χ1) is 15.2. The minimum atomic E-state index is -10.7. The van der Waals surface area contributed by atoms with E-state index in [2.05, 4.69) is 85.8 Å². The van der Waals surface area contributed by atoms with E-state index >= 15 is 0 Å². The maximum atomic E-state index is 9.87. The van der Waals surface area contributed by atoms with Gasteiger partial charge in [0.05, 0.1) is 29.7 Å². The number of hydrogen-bond acceptors (Lipinski definition) is 0. The Morgan fingerprint density at radius 3 is 1.73 bits per heavy atom. The molecule has 0 radical (unpaired) electrons. The molecule has 1 heterocycles. The van der Waals surface area contributed by atoms with E-state index < -0.39 is 15.1 Å². The van der Waals surface area contributed by atoms with Gasteiger partial charge in [0.15, 0.2) is 0 Å². The molecule has 1 aliphatic carbocycles. The van der Waals surface area contributed by atoms with Gasteiger partial charge >= 0.3 is 33.0 Å². The Labute approximate surface area is 190 Å². The van der Waals surface area contributed by atoms with Crippen LogP contribution in [-0.2, 0) is 6.16 Å². The van der Waals surface area contributed by atoms with Crippen molar-refractivity contribution in [1.82, 2.24) is 0 Å². The topological polar surface area (TPSA) is 0 Å². The van der Waals surface area contributed by atoms with Gasteiger partial charge in [0, 0.05) is 0 Å². The normalized spacial score (nSPS) is 23.2. The fraction of sp³-hybridized carbons (Fsp3) is 0.280. The summed E-state index contributed by atoms with van der Waals surface area (Å²) in [5.74, 6) is 0.768. The van der Waals surface area contributed by atoms with Crippen molar-refractivity contribution >= 4 is 25.7 Å². The Morgan fingerprint density at radius 1 is 0.697 bits per heavy atom. The molecule has 3 aromatic carbocycles. The average molecular weight is 502 g/mol. The van der Waals surface area contributed by atoms with Gasteiger partial charge in [-0.1, -0.05) is 54.6 Å². The van der Waals surface area contributed by atoms with E-state index in [-0.39, 0.29) is 0 Å². The van der Waals surface area contributed by atoms with Crippen LogP contribution in [0.3, 0.4) is 0 Å². The molecule has 2 bridgehead atoms. The molecule has 5 rings (SSSR count). The second-order valence-corrected chi connectivity index (χ2v) is 14.7. The monoisotopic (exact) mass is 502 g/mol. The van der Waals surface area contributed by atoms with Crippen LogP contribution < -0.4 is 10.6 Å². The number of halogens is 6. The van der Waals surface area contributed by atoms with Crippen molar-refractivity contribution in [3.8, 4) is 0 Å². The van der Waals surface area contributed by atoms with Gasteiger partial charge in [0.2, 0.25) is 0 Å². The predicted octanol–water partition coefficient (Wildman–Crippen LogP) is 9.20. The zero-order chi connectivity index (χ0) is 24.0. The van der Waals surface area contributed by atoms with Gasteiger partial charge < -0.3 is 0 Å². The SMILES string of the molecule is Cc1cccc2c1C[P+](c1ccccc1)(c1ccccc1)[C@@H]1CC[C@H]2C1.F[P-](F)(F)(F)(F)F. The van der Waals surface area contributed by atoms with Crippen molar-refractivity contribution in [2.24, 2.45) is 0 Å². The molecule has 1 aliphatic heterocycles. The third-order valence-electron chi connectivity index (χ3n) is 6.76. The first-order valence-electron chi connectivity index (χ1n) is 10.9. The summed E-state index contributed by atoms with van der Waals surface area (Å²) in [4.78, 5) is 0. The quantitative estimate of drug-likeness (QED) is 0.242. The Kier molecular flexibility index (Phi) is 5.74. The molecule has 0 spiro atoms. The Morgan fingerprint density at radius 2 is 1.21 bits per heavy atom. The van der Waals surface area contributed by atoms with Crippen LogP contribution in [0.5, 0.6) is 0 Å². The van der Waals surface area contributed by atoms with Gasteiger partial charge in [-0.15, -0.1) is 0 Å². The van der Waals surface area contributed by atoms with Crippen LogP contribution in [0.15, 0.2) is 78.9 Å². The summed E-state index contributed by atoms with van der Waals surface area (Å²) >= 11 is 0. The van der Waals surface area contributed by atoms with E-state index in [4.69, 9.17) is 0 Å². The second-order valence-electron chi connectivity index (χ2n) is 8.96. The van der Waals surface area contributed by atoms with Gasteiger partial charge in [0.25, 0.3) is 0 Å². The van der Waals surface area contributed by atoms with Crippen LogP contribution in [0.1, 0.15) is 41.9 Å². The third kappa shape index (κ3) is 5.78. The van der Waals surface area contributed by atoms with Crippen molar-refractivity contribution in [3.05, 3.63) is 95.6 Å². The molecular weight excluding hydrogens is 476 g/mol. The molecule has 0 unspecified atom stereocenters. The first-order valence-corrected chi connectivity index (χ1v) is 14.9. The fourth-order valence-corrected chi connectivity index (χ4v) is 10.8. The van der Waals surface area contributed by atoms with E-state index in [1.165, 1.54) is 31.0 Å². The molecule has 178 valence electrons. The molecule has 0 nitrogen and oxygen atoms in total. The summed E-state index contributed by atoms with van der Waals surface area (Å²) in [6.45, 7) is 2.32. The molecule has 0 saturated heterocycles. The summed E-state index contributed by atoms with van der Waals surface area (Å²) < 4.78 is 59.2. The van der Waals surface area contributed by atoms with Crippen LogP contribution >= 0.6 is 15.1 Å². The molecule has 0 amide bonds. The number of aryl methyl sites for hydroxylation is 1. The molecule has 8 heteroatoms. The molecule has 33 heavy (non-hydrogen) atoms. The Hall–Kier alpha value is -1.90. The molecule has 3 aromatic rings. The van der Waals surface area contributed by atoms with Gasteiger partial charge in [-0.25, -0.2) is 0 Å². The average Bonchev–Trinajstić information content (AvgIpc) is 3.16. The summed E-state index contributed by atoms with van der Waals surface area (Å²) in [6.07, 6.45) is 5.36. The van der Waals surface area contributed by atoms with E-state index in [9.17, 15) is 25.2 Å². The van der Waals surface area contributed by atoms with Crippen LogP contribution in [0.2, 0.25) is 0 Å². The van der Waals surface area contributed by atoms with E-state index in [0.717, 1.165) is 11.6 Å². The van der Waals surface area contributed by atoms with E-state index in [1.54, 1.807) is 21.7 Å². The number of fused-ring (bicyclic) bond motifs is 4. The van der Waals surface area contributed by atoms with Crippen molar-refractivity contribution in [2.45, 2.75) is 43.9 Å². The van der Waals surface area contributed by atoms with E-state index in [1.807, 2.05) is 0 Å². The van der Waals surface area contributed by atoms with Crippen molar-refractivity contribution in [3.63, 3.8) is 0 Å². The third-order valence-corrected chi connectivity index (χ3v) is 11.7. The van der Waals surface area contributed by atoms with Crippen molar-refractivity contribution < 1.29 is 25.2 Å². The summed E-state index contributed by atoms with van der Waals surface area (Å²) in [5.41, 5.74) is 5.62. The molecule has 2 atom stereocenters. The van der Waals surface area contributed by atoms with Gasteiger partial charge in [-0.2, -0.15) is 0 Å². The van der Waals surface area contributed by atoms with Crippen LogP contribution in [0.25, 0.3) is 0 Å². The molecule has 0 N–H and O–H groups in total. The molecule has 1 fully saturated rings. The fourth-order valence-electron chi connectivity index (χ4n) is 5.48. The van der Waals surface area contributed by atoms with Crippen molar-refractivity contribution in [1.29, 1.82) is 0 Å². The number of benzene rings is 3. The summed E-state index contributed by atoms with van der Waals surface area (Å²) in [6, 6.07) is 30.0. The summed E-state index contributed by atoms with van der Waals surface area (Å²) in [7, 11) is -12.1. The van der Waals surface area contributed by atoms with Gasteiger partial charge in [0.1, 0.15) is 0 Å². The van der Waals surface area contributed by atoms with Crippen LogP contribution in [0, 0.1) is 6.92 Å². The number of hydrogen-bond donors (Lipinski definition) is 0. The first kappa shape index (κ1) is 24.2. The van der Waals surface area contributed by atoms with Crippen LogP contribution in [0.4, 0.5) is 25.2 Å². The molecule has 1 saturated carbocycles. The van der Waals surface area contributed by atoms with Crippen LogP contribution in [-0.4, -0.2) is 5.66 Å². The predicted molar refractivity (Wildman–Crippen MR) is 128 cm³/mol. The van der Waals surface area contributed by atoms with E-state index in [0.29, 0.717) is 0 Å². The maximum absolute atomic E-state index is 10.7. The zero-order valence-electron chi connectivity index (χ0n) is 18.2. The standard InChI is InChI=1S/C25H26P.F6P/c1-19-9-8-14-24-20-15-16-23(17-20)26(18-25(19)24,21-10-4-2-5-11-21)22-12-6-3-7-13-22;1-7(2,3,4,5)6/h2-14,20,23H,15-18H2,1H3;/q+1;-1/t20-,23+;/m0./s1. The van der Waals surface area contributed by atoms with Gasteiger partial charge in [-0.05, 0) is 73.1 Å². The molecule has 0 aromatic heterocycles. The summed E-state index contributed by atoms with van der Waals surface area (Å²) in [5, 5.41) is 3.21. The second kappa shape index (κ2) is 7.82. The number of rotatable bonds is 2. The minimum absolute atomic E-state index is 0.768. The molecule has 2 aliphatic rings. The Balaban J connectivity index is 0.000000325. The van der Waals surface area contributed by atoms with Crippen molar-refractivity contribution in [2.75, 3.05) is 0 Å². The van der Waals surface area contributed by atoms with Gasteiger partial charge in [-0.3, -0.25) is 0 Å².